The van der Waals surface area contributed by atoms with Gasteiger partial charge in [0, 0.05) is 46.8 Å². The fraction of sp³-hybridized carbons (Fsp3) is 0.385. The fourth-order valence-electron chi connectivity index (χ4n) is 2.35. The van der Waals surface area contributed by atoms with Gasteiger partial charge in [-0.1, -0.05) is 11.6 Å². The maximum Gasteiger partial charge on any atom is 0.0592 e. The highest BCUT2D eigenvalue weighted by Crippen LogP contribution is 2.33. The van der Waals surface area contributed by atoms with Gasteiger partial charge in [-0.3, -0.25) is 0 Å². The minimum Gasteiger partial charge on any atom is -0.369 e. The average Bonchev–Trinajstić information content (AvgIpc) is 2.71. The van der Waals surface area contributed by atoms with Crippen molar-refractivity contribution in [2.75, 3.05) is 24.5 Å². The number of anilines is 1. The van der Waals surface area contributed by atoms with E-state index in [4.69, 9.17) is 11.6 Å². The van der Waals surface area contributed by atoms with Crippen LogP contribution in [0.1, 0.15) is 6.92 Å². The summed E-state index contributed by atoms with van der Waals surface area (Å²) in [6.45, 7) is 5.41. The Morgan fingerprint density at radius 1 is 1.47 bits per heavy atom. The van der Waals surface area contributed by atoms with Crippen molar-refractivity contribution in [3.63, 3.8) is 0 Å². The first-order chi connectivity index (χ1) is 8.24. The van der Waals surface area contributed by atoms with Gasteiger partial charge in [0.2, 0.25) is 0 Å². The molecule has 3 rings (SSSR count). The molecule has 17 heavy (non-hydrogen) atoms. The Labute approximate surface area is 110 Å². The second-order valence-electron chi connectivity index (χ2n) is 4.57. The maximum atomic E-state index is 6.19. The molecule has 0 saturated carbocycles. The minimum atomic E-state index is 0.553. The van der Waals surface area contributed by atoms with Gasteiger partial charge in [-0.2, -0.15) is 0 Å². The molecular formula is C13H15ClN2S. The smallest absolute Gasteiger partial charge is 0.0592 e. The van der Waals surface area contributed by atoms with E-state index in [1.807, 2.05) is 5.38 Å². The molecule has 0 bridgehead atoms. The Morgan fingerprint density at radius 3 is 3.18 bits per heavy atom. The summed E-state index contributed by atoms with van der Waals surface area (Å²) in [5.41, 5.74) is 1.28. The van der Waals surface area contributed by atoms with E-state index in [2.05, 4.69) is 35.3 Å². The largest absolute Gasteiger partial charge is 0.369 e. The number of nitrogens with one attached hydrogen (secondary N) is 1. The molecule has 2 heterocycles. The molecule has 4 heteroatoms. The highest BCUT2D eigenvalue weighted by atomic mass is 35.5. The molecule has 0 spiro atoms. The van der Waals surface area contributed by atoms with E-state index in [9.17, 15) is 0 Å². The minimum absolute atomic E-state index is 0.553. The molecule has 1 N–H and O–H groups in total. The Morgan fingerprint density at radius 2 is 2.35 bits per heavy atom. The lowest BCUT2D eigenvalue weighted by atomic mass is 10.2. The maximum absolute atomic E-state index is 6.19. The average molecular weight is 267 g/mol. The zero-order chi connectivity index (χ0) is 11.8. The zero-order valence-corrected chi connectivity index (χ0v) is 11.3. The Kier molecular flexibility index (Phi) is 2.99. The molecule has 1 aromatic carbocycles. The van der Waals surface area contributed by atoms with Crippen LogP contribution in [0, 0.1) is 0 Å². The third-order valence-corrected chi connectivity index (χ3v) is 4.65. The number of piperazine rings is 1. The lowest BCUT2D eigenvalue weighted by Gasteiger charge is -2.33. The number of thiophene rings is 1. The second-order valence-corrected chi connectivity index (χ2v) is 5.88. The van der Waals surface area contributed by atoms with E-state index in [1.54, 1.807) is 11.3 Å². The summed E-state index contributed by atoms with van der Waals surface area (Å²) < 4.78 is 1.27. The Bertz CT molecular complexity index is 537. The summed E-state index contributed by atoms with van der Waals surface area (Å²) in [7, 11) is 0. The van der Waals surface area contributed by atoms with Gasteiger partial charge in [0.15, 0.2) is 0 Å². The predicted molar refractivity (Wildman–Crippen MR) is 76.5 cm³/mol. The number of rotatable bonds is 1. The van der Waals surface area contributed by atoms with Gasteiger partial charge in [-0.05, 0) is 25.1 Å². The van der Waals surface area contributed by atoms with Gasteiger partial charge in [-0.25, -0.2) is 0 Å². The fourth-order valence-corrected chi connectivity index (χ4v) is 3.50. The van der Waals surface area contributed by atoms with Crippen molar-refractivity contribution in [2.24, 2.45) is 0 Å². The van der Waals surface area contributed by atoms with Gasteiger partial charge in [0.05, 0.1) is 5.02 Å². The third kappa shape index (κ3) is 2.15. The Hall–Kier alpha value is -0.770. The standard InChI is InChI=1S/C13H15ClN2S/c1-9-7-16(5-4-15-9)10-2-3-13-11(6-10)12(14)8-17-13/h2-3,6,8-9,15H,4-5,7H2,1H3/t9-/m1/s1. The molecular weight excluding hydrogens is 252 g/mol. The van der Waals surface area contributed by atoms with E-state index in [-0.39, 0.29) is 0 Å². The summed E-state index contributed by atoms with van der Waals surface area (Å²) in [6, 6.07) is 7.14. The van der Waals surface area contributed by atoms with Crippen LogP contribution in [0.2, 0.25) is 5.02 Å². The van der Waals surface area contributed by atoms with Crippen LogP contribution in [0.3, 0.4) is 0 Å². The predicted octanol–water partition coefficient (Wildman–Crippen LogP) is 3.35. The summed E-state index contributed by atoms with van der Waals surface area (Å²) in [4.78, 5) is 2.43. The van der Waals surface area contributed by atoms with Crippen molar-refractivity contribution < 1.29 is 0 Å². The summed E-state index contributed by atoms with van der Waals surface area (Å²) in [5.74, 6) is 0. The monoisotopic (exact) mass is 266 g/mol. The zero-order valence-electron chi connectivity index (χ0n) is 9.74. The van der Waals surface area contributed by atoms with Crippen molar-refractivity contribution in [1.82, 2.24) is 5.32 Å². The SMILES string of the molecule is C[C@@H]1CN(c2ccc3scc(Cl)c3c2)CCN1. The number of fused-ring (bicyclic) bond motifs is 1. The number of hydrogen-bond donors (Lipinski definition) is 1. The first-order valence-corrected chi connectivity index (χ1v) is 7.15. The van der Waals surface area contributed by atoms with Crippen LogP contribution >= 0.6 is 22.9 Å². The summed E-state index contributed by atoms with van der Waals surface area (Å²) in [6.07, 6.45) is 0. The van der Waals surface area contributed by atoms with Crippen LogP contribution in [0.25, 0.3) is 10.1 Å². The first-order valence-electron chi connectivity index (χ1n) is 5.89. The second kappa shape index (κ2) is 4.48. The molecule has 0 unspecified atom stereocenters. The molecule has 90 valence electrons. The van der Waals surface area contributed by atoms with Gasteiger partial charge in [0.25, 0.3) is 0 Å². The molecule has 1 aliphatic heterocycles. The van der Waals surface area contributed by atoms with E-state index >= 15 is 0 Å². The van der Waals surface area contributed by atoms with Crippen LogP contribution in [0.4, 0.5) is 5.69 Å². The quantitative estimate of drug-likeness (QED) is 0.852. The van der Waals surface area contributed by atoms with Crippen LogP contribution in [-0.4, -0.2) is 25.7 Å². The van der Waals surface area contributed by atoms with Crippen LogP contribution < -0.4 is 10.2 Å². The molecule has 0 aliphatic carbocycles. The van der Waals surface area contributed by atoms with Gasteiger partial charge in [-0.15, -0.1) is 11.3 Å². The van der Waals surface area contributed by atoms with Crippen LogP contribution in [0.5, 0.6) is 0 Å². The number of hydrogen-bond acceptors (Lipinski definition) is 3. The van der Waals surface area contributed by atoms with E-state index in [1.165, 1.54) is 15.8 Å². The van der Waals surface area contributed by atoms with Crippen molar-refractivity contribution in [2.45, 2.75) is 13.0 Å². The van der Waals surface area contributed by atoms with Crippen molar-refractivity contribution >= 4 is 38.7 Å². The van der Waals surface area contributed by atoms with Crippen molar-refractivity contribution in [1.29, 1.82) is 0 Å². The van der Waals surface area contributed by atoms with Crippen molar-refractivity contribution in [3.8, 4) is 0 Å². The molecule has 1 aliphatic rings. The lowest BCUT2D eigenvalue weighted by molar-refractivity contribution is 0.485. The molecule has 2 aromatic rings. The van der Waals surface area contributed by atoms with Gasteiger partial charge >= 0.3 is 0 Å². The molecule has 1 aromatic heterocycles. The number of halogens is 1. The number of benzene rings is 1. The van der Waals surface area contributed by atoms with Crippen LogP contribution in [-0.2, 0) is 0 Å². The number of nitrogens with zero attached hydrogens (tertiary/aromatic N) is 1. The molecule has 0 amide bonds. The van der Waals surface area contributed by atoms with E-state index < -0.39 is 0 Å². The molecule has 2 nitrogen and oxygen atoms in total. The highest BCUT2D eigenvalue weighted by molar-refractivity contribution is 7.17. The summed E-state index contributed by atoms with van der Waals surface area (Å²) in [5, 5.41) is 7.52. The third-order valence-electron chi connectivity index (χ3n) is 3.24. The van der Waals surface area contributed by atoms with Gasteiger partial charge < -0.3 is 10.2 Å². The summed E-state index contributed by atoms with van der Waals surface area (Å²) >= 11 is 7.90. The van der Waals surface area contributed by atoms with E-state index in [0.29, 0.717) is 6.04 Å². The first kappa shape index (κ1) is 11.3. The van der Waals surface area contributed by atoms with Crippen molar-refractivity contribution in [3.05, 3.63) is 28.6 Å². The Balaban J connectivity index is 1.96. The molecule has 0 radical (unpaired) electrons. The van der Waals surface area contributed by atoms with Gasteiger partial charge in [0.1, 0.15) is 0 Å². The molecule has 1 atom stereocenters. The van der Waals surface area contributed by atoms with E-state index in [0.717, 1.165) is 24.7 Å². The normalized spacial score (nSPS) is 21.1. The van der Waals surface area contributed by atoms with Crippen LogP contribution in [0.15, 0.2) is 23.6 Å². The topological polar surface area (TPSA) is 15.3 Å². The highest BCUT2D eigenvalue weighted by Gasteiger charge is 2.16. The molecule has 1 saturated heterocycles. The lowest BCUT2D eigenvalue weighted by Crippen LogP contribution is -2.49. The molecule has 1 fully saturated rings.